The van der Waals surface area contributed by atoms with E-state index in [-0.39, 0.29) is 22.6 Å². The molecule has 0 spiro atoms. The van der Waals surface area contributed by atoms with Gasteiger partial charge in [-0.05, 0) is 148 Å². The van der Waals surface area contributed by atoms with Crippen molar-refractivity contribution >= 4 is 35.3 Å². The fourth-order valence-electron chi connectivity index (χ4n) is 10.9. The van der Waals surface area contributed by atoms with Crippen molar-refractivity contribution in [1.29, 1.82) is 0 Å². The number of amides is 2. The van der Waals surface area contributed by atoms with Crippen molar-refractivity contribution in [2.75, 3.05) is 10.6 Å². The molecule has 4 heteroatoms. The summed E-state index contributed by atoms with van der Waals surface area (Å²) in [5, 5.41) is 6.53. The number of carbonyl (C=O) groups excluding carboxylic acids is 2. The minimum absolute atomic E-state index is 0.117. The van der Waals surface area contributed by atoms with Gasteiger partial charge in [-0.1, -0.05) is 36.4 Å². The Hall–Kier alpha value is -2.88. The first-order valence-corrected chi connectivity index (χ1v) is 15.9. The lowest BCUT2D eigenvalue weighted by molar-refractivity contribution is -0.141. The van der Waals surface area contributed by atoms with E-state index in [0.717, 1.165) is 96.5 Å². The van der Waals surface area contributed by atoms with Crippen molar-refractivity contribution in [3.63, 3.8) is 0 Å². The lowest BCUT2D eigenvalue weighted by atomic mass is 9.49. The molecule has 0 radical (unpaired) electrons. The summed E-state index contributed by atoms with van der Waals surface area (Å²) in [6.45, 7) is 0. The van der Waals surface area contributed by atoms with Crippen LogP contribution in [0.15, 0.2) is 48.5 Å². The fourth-order valence-corrected chi connectivity index (χ4v) is 10.9. The van der Waals surface area contributed by atoms with Crippen LogP contribution in [0, 0.1) is 46.3 Å². The first kappa shape index (κ1) is 24.9. The van der Waals surface area contributed by atoms with Crippen LogP contribution in [0.25, 0.3) is 12.2 Å². The molecule has 8 saturated carbocycles. The summed E-state index contributed by atoms with van der Waals surface area (Å²) in [6, 6.07) is 16.4. The van der Waals surface area contributed by atoms with E-state index in [1.54, 1.807) is 0 Å². The van der Waals surface area contributed by atoms with Gasteiger partial charge in [0.1, 0.15) is 0 Å². The molecule has 8 bridgehead atoms. The average molecular weight is 535 g/mol. The highest BCUT2D eigenvalue weighted by Crippen LogP contribution is 2.61. The molecule has 2 amide bonds. The molecule has 208 valence electrons. The van der Waals surface area contributed by atoms with Gasteiger partial charge in [0.15, 0.2) is 0 Å². The number of hydrogen-bond donors (Lipinski definition) is 2. The smallest absolute Gasteiger partial charge is 0.230 e. The van der Waals surface area contributed by atoms with Gasteiger partial charge in [-0.2, -0.15) is 0 Å². The molecular weight excluding hydrogens is 492 g/mol. The van der Waals surface area contributed by atoms with Crippen molar-refractivity contribution in [3.8, 4) is 0 Å². The number of benzene rings is 2. The van der Waals surface area contributed by atoms with Gasteiger partial charge in [-0.25, -0.2) is 0 Å². The van der Waals surface area contributed by atoms with Crippen LogP contribution in [0.1, 0.15) is 88.2 Å². The topological polar surface area (TPSA) is 58.2 Å². The maximum atomic E-state index is 13.4. The third kappa shape index (κ3) is 4.43. The van der Waals surface area contributed by atoms with E-state index in [4.69, 9.17) is 0 Å². The van der Waals surface area contributed by atoms with Crippen LogP contribution in [-0.4, -0.2) is 11.8 Å². The van der Waals surface area contributed by atoms with Crippen LogP contribution in [0.5, 0.6) is 0 Å². The summed E-state index contributed by atoms with van der Waals surface area (Å²) in [5.41, 5.74) is 3.77. The Bertz CT molecular complexity index is 1160. The Balaban J connectivity index is 0.874. The Labute approximate surface area is 238 Å². The quantitative estimate of drug-likeness (QED) is 0.367. The molecule has 0 aromatic heterocycles. The first-order valence-electron chi connectivity index (χ1n) is 15.9. The zero-order valence-electron chi connectivity index (χ0n) is 23.5. The zero-order chi connectivity index (χ0) is 26.9. The summed E-state index contributed by atoms with van der Waals surface area (Å²) in [4.78, 5) is 26.7. The predicted octanol–water partition coefficient (Wildman–Crippen LogP) is 8.17. The van der Waals surface area contributed by atoms with E-state index in [0.29, 0.717) is 0 Å². The molecular formula is C36H42N2O2. The molecule has 2 aromatic carbocycles. The van der Waals surface area contributed by atoms with Gasteiger partial charge in [-0.3, -0.25) is 9.59 Å². The van der Waals surface area contributed by atoms with Crippen LogP contribution < -0.4 is 10.6 Å². The molecule has 0 aliphatic heterocycles. The van der Waals surface area contributed by atoms with E-state index in [1.165, 1.54) is 38.5 Å². The van der Waals surface area contributed by atoms with Crippen LogP contribution in [0.4, 0.5) is 11.4 Å². The number of nitrogens with one attached hydrogen (secondary N) is 2. The van der Waals surface area contributed by atoms with Gasteiger partial charge in [0.25, 0.3) is 0 Å². The van der Waals surface area contributed by atoms with Crippen molar-refractivity contribution < 1.29 is 9.59 Å². The van der Waals surface area contributed by atoms with Gasteiger partial charge < -0.3 is 10.6 Å². The summed E-state index contributed by atoms with van der Waals surface area (Å²) in [5.74, 6) is 5.16. The van der Waals surface area contributed by atoms with E-state index in [1.807, 2.05) is 24.3 Å². The van der Waals surface area contributed by atoms with Crippen molar-refractivity contribution in [2.24, 2.45) is 46.3 Å². The van der Waals surface area contributed by atoms with Crippen molar-refractivity contribution in [3.05, 3.63) is 59.7 Å². The first-order chi connectivity index (χ1) is 19.4. The van der Waals surface area contributed by atoms with E-state index < -0.39 is 0 Å². The molecule has 0 saturated heterocycles. The maximum Gasteiger partial charge on any atom is 0.230 e. The van der Waals surface area contributed by atoms with Gasteiger partial charge in [0, 0.05) is 11.4 Å². The van der Waals surface area contributed by atoms with Crippen molar-refractivity contribution in [1.82, 2.24) is 0 Å². The maximum absolute atomic E-state index is 13.4. The molecule has 0 heterocycles. The number of anilines is 2. The Morgan fingerprint density at radius 1 is 0.500 bits per heavy atom. The fraction of sp³-hybridized carbons (Fsp3) is 0.556. The van der Waals surface area contributed by atoms with Crippen LogP contribution >= 0.6 is 0 Å². The highest BCUT2D eigenvalue weighted by atomic mass is 16.2. The summed E-state index contributed by atoms with van der Waals surface area (Å²) in [6.07, 6.45) is 18.9. The van der Waals surface area contributed by atoms with Crippen LogP contribution in [0.2, 0.25) is 0 Å². The zero-order valence-corrected chi connectivity index (χ0v) is 23.5. The van der Waals surface area contributed by atoms with Crippen LogP contribution in [0.3, 0.4) is 0 Å². The van der Waals surface area contributed by atoms with E-state index in [2.05, 4.69) is 47.1 Å². The normalized spacial score (nSPS) is 38.6. The molecule has 4 nitrogen and oxygen atoms in total. The van der Waals surface area contributed by atoms with Crippen molar-refractivity contribution in [2.45, 2.75) is 77.0 Å². The highest BCUT2D eigenvalue weighted by Gasteiger charge is 2.55. The summed E-state index contributed by atoms with van der Waals surface area (Å²) >= 11 is 0. The molecule has 10 rings (SSSR count). The number of hydrogen-bond acceptors (Lipinski definition) is 2. The second kappa shape index (κ2) is 9.33. The molecule has 0 atom stereocenters. The molecule has 40 heavy (non-hydrogen) atoms. The molecule has 2 N–H and O–H groups in total. The minimum atomic E-state index is -0.117. The number of rotatable bonds is 6. The SMILES string of the molecule is O=C(Nc1ccc(C=Cc2ccc(NC(=O)C34CC5CC(CC(C5)C3)C4)cc2)cc1)C12CC3CC(CC(C3)C1)C2. The second-order valence-corrected chi connectivity index (χ2v) is 14.9. The average Bonchev–Trinajstić information content (AvgIpc) is 2.92. The molecule has 2 aromatic rings. The minimum Gasteiger partial charge on any atom is -0.326 e. The molecule has 8 fully saturated rings. The highest BCUT2D eigenvalue weighted by molar-refractivity contribution is 5.96. The Morgan fingerprint density at radius 2 is 0.775 bits per heavy atom. The van der Waals surface area contributed by atoms with E-state index >= 15 is 0 Å². The second-order valence-electron chi connectivity index (χ2n) is 14.9. The molecule has 0 unspecified atom stereocenters. The van der Waals surface area contributed by atoms with E-state index in [9.17, 15) is 9.59 Å². The largest absolute Gasteiger partial charge is 0.326 e. The molecule has 8 aliphatic carbocycles. The van der Waals surface area contributed by atoms with Gasteiger partial charge >= 0.3 is 0 Å². The lowest BCUT2D eigenvalue weighted by Gasteiger charge is -2.55. The standard InChI is InChI=1S/C36H42N2O2/c39-33(35-17-25-11-26(18-35)13-27(12-25)19-35)37-31-7-3-23(4-8-31)1-2-24-5-9-32(10-6-24)38-34(40)36-20-28-14-29(21-36)16-30(15-28)22-36/h1-10,25-30H,11-22H2,(H,37,39)(H,38,40). The summed E-state index contributed by atoms with van der Waals surface area (Å²) < 4.78 is 0. The van der Waals surface area contributed by atoms with Gasteiger partial charge in [-0.15, -0.1) is 0 Å². The lowest BCUT2D eigenvalue weighted by Crippen LogP contribution is -2.51. The number of carbonyl (C=O) groups is 2. The predicted molar refractivity (Wildman–Crippen MR) is 160 cm³/mol. The monoisotopic (exact) mass is 534 g/mol. The van der Waals surface area contributed by atoms with Gasteiger partial charge in [0.2, 0.25) is 11.8 Å². The third-order valence-electron chi connectivity index (χ3n) is 11.8. The van der Waals surface area contributed by atoms with Crippen LogP contribution in [-0.2, 0) is 9.59 Å². The third-order valence-corrected chi connectivity index (χ3v) is 11.8. The summed E-state index contributed by atoms with van der Waals surface area (Å²) in [7, 11) is 0. The molecule has 8 aliphatic rings. The Kier molecular flexibility index (Phi) is 5.80. The van der Waals surface area contributed by atoms with Gasteiger partial charge in [0.05, 0.1) is 10.8 Å². The Morgan fingerprint density at radius 3 is 1.05 bits per heavy atom.